The van der Waals surface area contributed by atoms with Gasteiger partial charge in [-0.3, -0.25) is 9.10 Å². The van der Waals surface area contributed by atoms with E-state index >= 15 is 0 Å². The third kappa shape index (κ3) is 5.13. The molecule has 0 saturated heterocycles. The maximum atomic E-state index is 13.4. The molecule has 0 radical (unpaired) electrons. The summed E-state index contributed by atoms with van der Waals surface area (Å²) in [6.07, 6.45) is 0. The number of hydrogen-bond acceptors (Lipinski definition) is 3. The zero-order valence-electron chi connectivity index (χ0n) is 17.5. The Morgan fingerprint density at radius 2 is 1.54 bits per heavy atom. The van der Waals surface area contributed by atoms with E-state index in [1.54, 1.807) is 30.3 Å². The minimum atomic E-state index is -3.89. The first-order chi connectivity index (χ1) is 13.0. The second kappa shape index (κ2) is 8.78. The minimum absolute atomic E-state index is 0.0463. The molecule has 0 aliphatic carbocycles. The second-order valence-corrected chi connectivity index (χ2v) is 9.58. The smallest absolute Gasteiger partial charge is 0.264 e. The molecule has 0 aliphatic rings. The van der Waals surface area contributed by atoms with Gasteiger partial charge in [0.1, 0.15) is 6.54 Å². The average Bonchev–Trinajstić information content (AvgIpc) is 2.62. The topological polar surface area (TPSA) is 66.5 Å². The Kier molecular flexibility index (Phi) is 6.88. The maximum Gasteiger partial charge on any atom is 0.264 e. The van der Waals surface area contributed by atoms with E-state index in [9.17, 15) is 13.2 Å². The summed E-state index contributed by atoms with van der Waals surface area (Å²) in [5.74, 6) is -0.0652. The number of aryl methyl sites for hydroxylation is 3. The first-order valence-corrected chi connectivity index (χ1v) is 10.9. The summed E-state index contributed by atoms with van der Waals surface area (Å²) in [6.45, 7) is 11.3. The molecule has 2 aromatic rings. The van der Waals surface area contributed by atoms with Crippen LogP contribution in [-0.4, -0.2) is 26.9 Å². The van der Waals surface area contributed by atoms with Gasteiger partial charge in [0.05, 0.1) is 10.6 Å². The SMILES string of the molecule is Cc1ccc(S(=O)(=O)N(CC(=O)N[C@H](C)C(C)C)c2cc(C)ccc2C)cc1. The summed E-state index contributed by atoms with van der Waals surface area (Å²) in [6, 6.07) is 12.2. The highest BCUT2D eigenvalue weighted by Gasteiger charge is 2.29. The first-order valence-electron chi connectivity index (χ1n) is 9.48. The lowest BCUT2D eigenvalue weighted by Gasteiger charge is -2.27. The van der Waals surface area contributed by atoms with Crippen molar-refractivity contribution < 1.29 is 13.2 Å². The standard InChI is InChI=1S/C22H30N2O3S/c1-15(2)19(6)23-22(25)14-24(21-13-17(4)7-10-18(21)5)28(26,27)20-11-8-16(3)9-12-20/h7-13,15,19H,14H2,1-6H3,(H,23,25)/t19-/m1/s1. The van der Waals surface area contributed by atoms with Gasteiger partial charge in [0, 0.05) is 6.04 Å². The number of rotatable bonds is 7. The molecule has 0 saturated carbocycles. The predicted octanol–water partition coefficient (Wildman–Crippen LogP) is 3.97. The molecule has 0 fully saturated rings. The molecule has 152 valence electrons. The van der Waals surface area contributed by atoms with Crippen molar-refractivity contribution in [1.29, 1.82) is 0 Å². The Bertz CT molecular complexity index is 935. The minimum Gasteiger partial charge on any atom is -0.352 e. The summed E-state index contributed by atoms with van der Waals surface area (Å²) in [4.78, 5) is 12.8. The number of carbonyl (C=O) groups excluding carboxylic acids is 1. The summed E-state index contributed by atoms with van der Waals surface area (Å²) >= 11 is 0. The van der Waals surface area contributed by atoms with Gasteiger partial charge in [-0.05, 0) is 62.9 Å². The fraction of sp³-hybridized carbons (Fsp3) is 0.409. The molecular formula is C22H30N2O3S. The van der Waals surface area contributed by atoms with Crippen LogP contribution in [0.2, 0.25) is 0 Å². The third-order valence-electron chi connectivity index (χ3n) is 4.92. The average molecular weight is 403 g/mol. The normalized spacial score (nSPS) is 12.7. The number of amides is 1. The van der Waals surface area contributed by atoms with Crippen molar-refractivity contribution in [1.82, 2.24) is 5.32 Å². The van der Waals surface area contributed by atoms with Crippen LogP contribution in [0.4, 0.5) is 5.69 Å². The summed E-state index contributed by atoms with van der Waals surface area (Å²) in [7, 11) is -3.89. The highest BCUT2D eigenvalue weighted by molar-refractivity contribution is 7.92. The van der Waals surface area contributed by atoms with E-state index in [0.29, 0.717) is 5.69 Å². The Labute approximate surface area is 168 Å². The molecule has 0 heterocycles. The van der Waals surface area contributed by atoms with Crippen molar-refractivity contribution in [2.24, 2.45) is 5.92 Å². The van der Waals surface area contributed by atoms with Crippen molar-refractivity contribution in [2.45, 2.75) is 52.5 Å². The molecule has 5 nitrogen and oxygen atoms in total. The fourth-order valence-electron chi connectivity index (χ4n) is 2.72. The van der Waals surface area contributed by atoms with Gasteiger partial charge in [-0.15, -0.1) is 0 Å². The van der Waals surface area contributed by atoms with E-state index in [1.165, 1.54) is 4.31 Å². The third-order valence-corrected chi connectivity index (χ3v) is 6.69. The lowest BCUT2D eigenvalue weighted by atomic mass is 10.1. The van der Waals surface area contributed by atoms with E-state index < -0.39 is 10.0 Å². The largest absolute Gasteiger partial charge is 0.352 e. The van der Waals surface area contributed by atoms with Crippen LogP contribution in [0.5, 0.6) is 0 Å². The van der Waals surface area contributed by atoms with Crippen molar-refractivity contribution in [3.05, 3.63) is 59.2 Å². The van der Waals surface area contributed by atoms with Gasteiger partial charge < -0.3 is 5.32 Å². The van der Waals surface area contributed by atoms with Gasteiger partial charge in [-0.2, -0.15) is 0 Å². The van der Waals surface area contributed by atoms with E-state index in [1.807, 2.05) is 53.7 Å². The van der Waals surface area contributed by atoms with Crippen LogP contribution in [0.1, 0.15) is 37.5 Å². The summed E-state index contributed by atoms with van der Waals surface area (Å²) in [5, 5.41) is 2.90. The van der Waals surface area contributed by atoms with Gasteiger partial charge in [0.15, 0.2) is 0 Å². The second-order valence-electron chi connectivity index (χ2n) is 7.71. The number of carbonyl (C=O) groups is 1. The zero-order valence-corrected chi connectivity index (χ0v) is 18.3. The van der Waals surface area contributed by atoms with Crippen molar-refractivity contribution in [2.75, 3.05) is 10.8 Å². The molecule has 0 aromatic heterocycles. The highest BCUT2D eigenvalue weighted by Crippen LogP contribution is 2.28. The van der Waals surface area contributed by atoms with Gasteiger partial charge in [0.2, 0.25) is 5.91 Å². The molecule has 0 bridgehead atoms. The van der Waals surface area contributed by atoms with Gasteiger partial charge in [-0.25, -0.2) is 8.42 Å². The van der Waals surface area contributed by atoms with Crippen LogP contribution in [0, 0.1) is 26.7 Å². The quantitative estimate of drug-likeness (QED) is 0.762. The Morgan fingerprint density at radius 1 is 0.964 bits per heavy atom. The fourth-order valence-corrected chi connectivity index (χ4v) is 4.20. The van der Waals surface area contributed by atoms with Gasteiger partial charge in [0.25, 0.3) is 10.0 Å². The molecule has 2 aromatic carbocycles. The summed E-state index contributed by atoms with van der Waals surface area (Å²) in [5.41, 5.74) is 3.22. The molecule has 6 heteroatoms. The Hall–Kier alpha value is -2.34. The lowest BCUT2D eigenvalue weighted by molar-refractivity contribution is -0.120. The molecule has 0 aliphatic heterocycles. The molecule has 1 N–H and O–H groups in total. The van der Waals surface area contributed by atoms with Crippen LogP contribution in [0.3, 0.4) is 0 Å². The predicted molar refractivity (Wildman–Crippen MR) is 114 cm³/mol. The number of sulfonamides is 1. The molecule has 1 amide bonds. The molecule has 0 unspecified atom stereocenters. The molecule has 2 rings (SSSR count). The lowest BCUT2D eigenvalue weighted by Crippen LogP contribution is -2.45. The van der Waals surface area contributed by atoms with Crippen molar-refractivity contribution in [3.63, 3.8) is 0 Å². The van der Waals surface area contributed by atoms with Crippen LogP contribution < -0.4 is 9.62 Å². The number of benzene rings is 2. The van der Waals surface area contributed by atoms with E-state index in [4.69, 9.17) is 0 Å². The number of anilines is 1. The first kappa shape index (κ1) is 22.0. The van der Waals surface area contributed by atoms with Crippen LogP contribution in [0.25, 0.3) is 0 Å². The van der Waals surface area contributed by atoms with Crippen LogP contribution in [-0.2, 0) is 14.8 Å². The Balaban J connectivity index is 2.48. The highest BCUT2D eigenvalue weighted by atomic mass is 32.2. The Morgan fingerprint density at radius 3 is 2.11 bits per heavy atom. The zero-order chi connectivity index (χ0) is 21.1. The maximum absolute atomic E-state index is 13.4. The van der Waals surface area contributed by atoms with E-state index in [0.717, 1.165) is 16.7 Å². The van der Waals surface area contributed by atoms with Gasteiger partial charge >= 0.3 is 0 Å². The molecule has 0 spiro atoms. The summed E-state index contributed by atoms with van der Waals surface area (Å²) < 4.78 is 28.0. The molecular weight excluding hydrogens is 372 g/mol. The van der Waals surface area contributed by atoms with Gasteiger partial charge in [-0.1, -0.05) is 43.7 Å². The molecule has 28 heavy (non-hydrogen) atoms. The van der Waals surface area contributed by atoms with E-state index in [2.05, 4.69) is 5.32 Å². The van der Waals surface area contributed by atoms with Crippen molar-refractivity contribution in [3.8, 4) is 0 Å². The molecule has 1 atom stereocenters. The van der Waals surface area contributed by atoms with Crippen LogP contribution in [0.15, 0.2) is 47.4 Å². The monoisotopic (exact) mass is 402 g/mol. The number of nitrogens with zero attached hydrogens (tertiary/aromatic N) is 1. The number of nitrogens with one attached hydrogen (secondary N) is 1. The van der Waals surface area contributed by atoms with E-state index in [-0.39, 0.29) is 29.3 Å². The van der Waals surface area contributed by atoms with Crippen LogP contribution >= 0.6 is 0 Å². The number of hydrogen-bond donors (Lipinski definition) is 1. The van der Waals surface area contributed by atoms with Crippen molar-refractivity contribution >= 4 is 21.6 Å².